The number of aromatic carboxylic acids is 1. The van der Waals surface area contributed by atoms with Crippen molar-refractivity contribution in [3.8, 4) is 0 Å². The van der Waals surface area contributed by atoms with E-state index in [1.165, 1.54) is 12.8 Å². The summed E-state index contributed by atoms with van der Waals surface area (Å²) in [5.74, 6) is -0.853. The summed E-state index contributed by atoms with van der Waals surface area (Å²) in [5, 5.41) is 8.79. The highest BCUT2D eigenvalue weighted by Crippen LogP contribution is 2.16. The lowest BCUT2D eigenvalue weighted by molar-refractivity contribution is 0.0697. The fraction of sp³-hybridized carbons (Fsp3) is 0.545. The van der Waals surface area contributed by atoms with E-state index in [0.29, 0.717) is 11.6 Å². The van der Waals surface area contributed by atoms with Crippen LogP contribution in [-0.2, 0) is 6.54 Å². The molecule has 0 amide bonds. The molecule has 0 aromatic carbocycles. The summed E-state index contributed by atoms with van der Waals surface area (Å²) in [7, 11) is 2.12. The van der Waals surface area contributed by atoms with Gasteiger partial charge in [0.25, 0.3) is 0 Å². The monoisotopic (exact) mass is 208 g/mol. The van der Waals surface area contributed by atoms with Gasteiger partial charge in [-0.3, -0.25) is 0 Å². The molecule has 2 rings (SSSR count). The van der Waals surface area contributed by atoms with Crippen LogP contribution in [0.25, 0.3) is 0 Å². The highest BCUT2D eigenvalue weighted by atomic mass is 16.4. The lowest BCUT2D eigenvalue weighted by atomic mass is 10.2. The van der Waals surface area contributed by atoms with Gasteiger partial charge in [0.2, 0.25) is 0 Å². The van der Waals surface area contributed by atoms with Gasteiger partial charge in [0.1, 0.15) is 0 Å². The summed E-state index contributed by atoms with van der Waals surface area (Å²) >= 11 is 0. The molecular weight excluding hydrogens is 192 g/mol. The zero-order valence-corrected chi connectivity index (χ0v) is 8.89. The smallest absolute Gasteiger partial charge is 0.337 e. The number of carbonyl (C=O) groups is 1. The number of hydrogen-bond donors (Lipinski definition) is 1. The van der Waals surface area contributed by atoms with Crippen LogP contribution in [0, 0.1) is 0 Å². The van der Waals surface area contributed by atoms with Gasteiger partial charge in [0, 0.05) is 25.0 Å². The highest BCUT2D eigenvalue weighted by Gasteiger charge is 2.21. The topological polar surface area (TPSA) is 45.5 Å². The van der Waals surface area contributed by atoms with Gasteiger partial charge in [0.05, 0.1) is 5.56 Å². The molecule has 1 atom stereocenters. The predicted molar refractivity (Wildman–Crippen MR) is 57.0 cm³/mol. The average Bonchev–Trinajstić information content (AvgIpc) is 2.77. The van der Waals surface area contributed by atoms with Crippen molar-refractivity contribution >= 4 is 5.97 Å². The van der Waals surface area contributed by atoms with Crippen LogP contribution in [0.1, 0.15) is 23.2 Å². The first kappa shape index (κ1) is 10.2. The van der Waals surface area contributed by atoms with Crippen molar-refractivity contribution in [1.82, 2.24) is 9.47 Å². The third kappa shape index (κ3) is 2.21. The number of hydrogen-bond acceptors (Lipinski definition) is 2. The summed E-state index contributed by atoms with van der Waals surface area (Å²) in [4.78, 5) is 13.0. The highest BCUT2D eigenvalue weighted by molar-refractivity contribution is 5.87. The Morgan fingerprint density at radius 1 is 1.67 bits per heavy atom. The maximum atomic E-state index is 10.7. The first-order chi connectivity index (χ1) is 7.16. The van der Waals surface area contributed by atoms with Gasteiger partial charge in [-0.15, -0.1) is 0 Å². The van der Waals surface area contributed by atoms with E-state index >= 15 is 0 Å². The first-order valence-electron chi connectivity index (χ1n) is 5.26. The Labute approximate surface area is 89.1 Å². The molecular formula is C11H16N2O2. The van der Waals surface area contributed by atoms with Crippen LogP contribution in [0.3, 0.4) is 0 Å². The zero-order valence-electron chi connectivity index (χ0n) is 8.89. The number of aromatic nitrogens is 1. The van der Waals surface area contributed by atoms with Crippen LogP contribution in [0.2, 0.25) is 0 Å². The molecule has 0 saturated carbocycles. The normalized spacial score (nSPS) is 22.1. The van der Waals surface area contributed by atoms with Crippen molar-refractivity contribution in [2.24, 2.45) is 0 Å². The Hall–Kier alpha value is -1.29. The average molecular weight is 208 g/mol. The van der Waals surface area contributed by atoms with E-state index < -0.39 is 5.97 Å². The largest absolute Gasteiger partial charge is 0.478 e. The molecule has 1 fully saturated rings. The van der Waals surface area contributed by atoms with Crippen molar-refractivity contribution in [3.63, 3.8) is 0 Å². The molecule has 4 heteroatoms. The van der Waals surface area contributed by atoms with Gasteiger partial charge in [-0.25, -0.2) is 4.79 Å². The van der Waals surface area contributed by atoms with Crippen molar-refractivity contribution in [2.45, 2.75) is 25.4 Å². The Morgan fingerprint density at radius 2 is 2.47 bits per heavy atom. The molecule has 0 spiro atoms. The van der Waals surface area contributed by atoms with Crippen LogP contribution >= 0.6 is 0 Å². The Kier molecular flexibility index (Phi) is 2.77. The third-order valence-corrected chi connectivity index (χ3v) is 3.09. The molecule has 82 valence electrons. The van der Waals surface area contributed by atoms with Gasteiger partial charge >= 0.3 is 5.97 Å². The maximum absolute atomic E-state index is 10.7. The van der Waals surface area contributed by atoms with Crippen molar-refractivity contribution in [2.75, 3.05) is 13.6 Å². The van der Waals surface area contributed by atoms with Crippen molar-refractivity contribution in [3.05, 3.63) is 24.0 Å². The molecule has 15 heavy (non-hydrogen) atoms. The van der Waals surface area contributed by atoms with Crippen LogP contribution in [0.4, 0.5) is 0 Å². The molecule has 1 N–H and O–H groups in total. The molecule has 1 unspecified atom stereocenters. The second-order valence-electron chi connectivity index (χ2n) is 4.18. The molecule has 2 heterocycles. The van der Waals surface area contributed by atoms with Gasteiger partial charge < -0.3 is 14.6 Å². The predicted octanol–water partition coefficient (Wildman–Crippen LogP) is 1.28. The SMILES string of the molecule is CN1CCCC1Cn1ccc(C(=O)O)c1. The minimum atomic E-state index is -0.853. The van der Waals surface area contributed by atoms with Gasteiger partial charge in [-0.1, -0.05) is 0 Å². The molecule has 4 nitrogen and oxygen atoms in total. The molecule has 0 radical (unpaired) electrons. The number of carboxylic acids is 1. The van der Waals surface area contributed by atoms with Crippen LogP contribution in [0.15, 0.2) is 18.5 Å². The number of likely N-dealkylation sites (N-methyl/N-ethyl adjacent to an activating group) is 1. The zero-order chi connectivity index (χ0) is 10.8. The third-order valence-electron chi connectivity index (χ3n) is 3.09. The standard InChI is InChI=1S/C11H16N2O2/c1-12-5-2-3-10(12)8-13-6-4-9(7-13)11(14)15/h4,6-7,10H,2-3,5,8H2,1H3,(H,14,15). The van der Waals surface area contributed by atoms with Gasteiger partial charge in [0.15, 0.2) is 0 Å². The molecule has 1 aliphatic rings. The number of nitrogens with zero attached hydrogens (tertiary/aromatic N) is 2. The summed E-state index contributed by atoms with van der Waals surface area (Å²) in [6.07, 6.45) is 6.00. The molecule has 1 aromatic rings. The summed E-state index contributed by atoms with van der Waals surface area (Å²) in [6, 6.07) is 2.20. The molecule has 1 saturated heterocycles. The lowest BCUT2D eigenvalue weighted by Gasteiger charge is -2.19. The number of rotatable bonds is 3. The van der Waals surface area contributed by atoms with Crippen molar-refractivity contribution < 1.29 is 9.90 Å². The number of likely N-dealkylation sites (tertiary alicyclic amines) is 1. The summed E-state index contributed by atoms with van der Waals surface area (Å²) in [6.45, 7) is 2.04. The van der Waals surface area contributed by atoms with E-state index in [0.717, 1.165) is 13.1 Å². The van der Waals surface area contributed by atoms with Gasteiger partial charge in [-0.05, 0) is 32.5 Å². The van der Waals surface area contributed by atoms with E-state index in [-0.39, 0.29) is 0 Å². The Bertz CT molecular complexity index is 359. The summed E-state index contributed by atoms with van der Waals surface area (Å²) < 4.78 is 1.97. The van der Waals surface area contributed by atoms with Crippen LogP contribution < -0.4 is 0 Å². The lowest BCUT2D eigenvalue weighted by Crippen LogP contribution is -2.28. The van der Waals surface area contributed by atoms with E-state index in [2.05, 4.69) is 11.9 Å². The Balaban J connectivity index is 2.01. The molecule has 0 aliphatic carbocycles. The fourth-order valence-corrected chi connectivity index (χ4v) is 2.13. The first-order valence-corrected chi connectivity index (χ1v) is 5.26. The van der Waals surface area contributed by atoms with E-state index in [1.54, 1.807) is 12.3 Å². The molecule has 0 bridgehead atoms. The van der Waals surface area contributed by atoms with Gasteiger partial charge in [-0.2, -0.15) is 0 Å². The van der Waals surface area contributed by atoms with Crippen LogP contribution in [-0.4, -0.2) is 40.2 Å². The van der Waals surface area contributed by atoms with E-state index in [1.807, 2.05) is 10.8 Å². The fourth-order valence-electron chi connectivity index (χ4n) is 2.13. The Morgan fingerprint density at radius 3 is 3.00 bits per heavy atom. The maximum Gasteiger partial charge on any atom is 0.337 e. The van der Waals surface area contributed by atoms with E-state index in [4.69, 9.17) is 5.11 Å². The summed E-state index contributed by atoms with van der Waals surface area (Å²) in [5.41, 5.74) is 0.371. The minimum Gasteiger partial charge on any atom is -0.478 e. The molecule has 1 aliphatic heterocycles. The minimum absolute atomic E-state index is 0.371. The quantitative estimate of drug-likeness (QED) is 0.814. The van der Waals surface area contributed by atoms with Crippen LogP contribution in [0.5, 0.6) is 0 Å². The van der Waals surface area contributed by atoms with E-state index in [9.17, 15) is 4.79 Å². The second-order valence-corrected chi connectivity index (χ2v) is 4.18. The second kappa shape index (κ2) is 4.06. The number of carboxylic acid groups (broad SMARTS) is 1. The molecule has 1 aromatic heterocycles. The van der Waals surface area contributed by atoms with Crippen molar-refractivity contribution in [1.29, 1.82) is 0 Å².